The van der Waals surface area contributed by atoms with Gasteiger partial charge in [-0.3, -0.25) is 14.4 Å². The van der Waals surface area contributed by atoms with Crippen molar-refractivity contribution in [2.75, 3.05) is 12.4 Å². The summed E-state index contributed by atoms with van der Waals surface area (Å²) in [5.41, 5.74) is 2.79. The van der Waals surface area contributed by atoms with Crippen LogP contribution in [0.25, 0.3) is 11.6 Å². The van der Waals surface area contributed by atoms with Crippen LogP contribution >= 0.6 is 0 Å². The molecule has 4 bridgehead atoms. The van der Waals surface area contributed by atoms with Crippen LogP contribution in [0.15, 0.2) is 57.6 Å². The van der Waals surface area contributed by atoms with Gasteiger partial charge >= 0.3 is 5.97 Å². The zero-order valence-electron chi connectivity index (χ0n) is 25.6. The maximum absolute atomic E-state index is 13.7. The van der Waals surface area contributed by atoms with Crippen LogP contribution < -0.4 is 20.7 Å². The molecule has 2 amide bonds. The Kier molecular flexibility index (Phi) is 7.07. The molecule has 0 saturated heterocycles. The summed E-state index contributed by atoms with van der Waals surface area (Å²) in [7, 11) is 1.30. The van der Waals surface area contributed by atoms with Crippen molar-refractivity contribution in [3.63, 3.8) is 0 Å². The normalized spacial score (nSPS) is 23.2. The number of rotatable bonds is 6. The quantitative estimate of drug-likeness (QED) is 0.231. The molecule has 2 aromatic heterocycles. The third-order valence-electron chi connectivity index (χ3n) is 8.76. The van der Waals surface area contributed by atoms with E-state index < -0.39 is 47.6 Å². The van der Waals surface area contributed by atoms with Gasteiger partial charge in [0.05, 0.1) is 19.2 Å². The highest BCUT2D eigenvalue weighted by atomic mass is 16.5. The maximum atomic E-state index is 13.7. The topological polar surface area (TPSA) is 178 Å². The molecule has 13 nitrogen and oxygen atoms in total. The van der Waals surface area contributed by atoms with Crippen LogP contribution in [0.2, 0.25) is 0 Å². The van der Waals surface area contributed by atoms with Crippen LogP contribution in [0.1, 0.15) is 60.8 Å². The zero-order chi connectivity index (χ0) is 32.3. The van der Waals surface area contributed by atoms with Crippen molar-refractivity contribution in [2.45, 2.75) is 63.4 Å². The van der Waals surface area contributed by atoms with Crippen molar-refractivity contribution in [1.29, 1.82) is 0 Å². The number of carbonyl (C=O) groups is 3. The smallest absolute Gasteiger partial charge is 0.311 e. The first-order chi connectivity index (χ1) is 22.1. The standard InChI is InChI=1S/C33H33N5O8/c1-15(2)26(40)29(42)36-22-12-17-9-10-23-20(11-17)33(19-7-5-6-8-21(19)37-32(33)45-23)27-25(38-30(46-27)16(3)34-28(22)41)31-35-18(14-44-31)13-24(39)43-4/h5-11,14-16,22,26,32,37,40H,12-13H2,1-4H3,(H,34,41)(H,36,42)/t16-,22-,26-,32?,33?/m0/s1. The van der Waals surface area contributed by atoms with Crippen LogP contribution in [0.5, 0.6) is 5.75 Å². The predicted molar refractivity (Wildman–Crippen MR) is 162 cm³/mol. The Labute approximate surface area is 263 Å². The van der Waals surface area contributed by atoms with Crippen LogP contribution in [0, 0.1) is 5.92 Å². The monoisotopic (exact) mass is 627 g/mol. The number of aliphatic hydroxyl groups is 1. The summed E-state index contributed by atoms with van der Waals surface area (Å²) in [4.78, 5) is 47.9. The molecule has 13 heteroatoms. The van der Waals surface area contributed by atoms with Gasteiger partial charge in [-0.15, -0.1) is 0 Å². The number of ether oxygens (including phenoxy) is 2. The molecule has 5 heterocycles. The van der Waals surface area contributed by atoms with Crippen molar-refractivity contribution < 1.29 is 37.8 Å². The fourth-order valence-corrected chi connectivity index (χ4v) is 6.39. The van der Waals surface area contributed by atoms with E-state index in [4.69, 9.17) is 23.3 Å². The molecule has 2 aromatic carbocycles. The zero-order valence-corrected chi connectivity index (χ0v) is 25.6. The van der Waals surface area contributed by atoms with Crippen molar-refractivity contribution in [3.8, 4) is 17.3 Å². The van der Waals surface area contributed by atoms with E-state index in [9.17, 15) is 19.5 Å². The Balaban J connectivity index is 1.42. The molecule has 4 N–H and O–H groups in total. The first-order valence-electron chi connectivity index (χ1n) is 15.1. The van der Waals surface area contributed by atoms with Crippen molar-refractivity contribution >= 4 is 23.5 Å². The maximum Gasteiger partial charge on any atom is 0.311 e. The number of amides is 2. The number of para-hydroxylation sites is 1. The number of aliphatic hydroxyl groups excluding tert-OH is 1. The number of nitrogens with zero attached hydrogens (tertiary/aromatic N) is 2. The van der Waals surface area contributed by atoms with E-state index in [1.165, 1.54) is 13.4 Å². The van der Waals surface area contributed by atoms with Crippen molar-refractivity contribution in [2.24, 2.45) is 5.92 Å². The number of carbonyl (C=O) groups excluding carboxylic acids is 3. The summed E-state index contributed by atoms with van der Waals surface area (Å²) >= 11 is 0. The minimum absolute atomic E-state index is 0.0986. The number of hydrogen-bond acceptors (Lipinski definition) is 11. The SMILES string of the molecule is COC(=O)Cc1coc(-c2nc3oc2C24c5ccccc5NC2Oc2ccc(cc24)C[C@H](NC(=O)[C@@H](O)C(C)C)C(=O)N[C@H]3C)n1. The number of aromatic nitrogens is 2. The number of methoxy groups -OCH3 is 1. The summed E-state index contributed by atoms with van der Waals surface area (Å²) < 4.78 is 23.8. The Morgan fingerprint density at radius 1 is 1.15 bits per heavy atom. The average molecular weight is 628 g/mol. The van der Waals surface area contributed by atoms with Crippen molar-refractivity contribution in [1.82, 2.24) is 20.6 Å². The van der Waals surface area contributed by atoms with Crippen LogP contribution in [-0.2, 0) is 37.4 Å². The molecular formula is C33H33N5O8. The third kappa shape index (κ3) is 4.61. The Morgan fingerprint density at radius 3 is 2.74 bits per heavy atom. The lowest BCUT2D eigenvalue weighted by Crippen LogP contribution is -2.52. The highest BCUT2D eigenvalue weighted by Crippen LogP contribution is 2.59. The van der Waals surface area contributed by atoms with E-state index in [1.807, 2.05) is 42.5 Å². The molecule has 0 fully saturated rings. The number of esters is 1. The second-order valence-electron chi connectivity index (χ2n) is 12.1. The summed E-state index contributed by atoms with van der Waals surface area (Å²) in [6.07, 6.45) is -0.502. The first kappa shape index (κ1) is 29.5. The number of nitrogens with one attached hydrogen (secondary N) is 3. The fraction of sp³-hybridized carbons (Fsp3) is 0.364. The average Bonchev–Trinajstić information content (AvgIpc) is 3.81. The van der Waals surface area contributed by atoms with Gasteiger partial charge in [-0.1, -0.05) is 44.2 Å². The van der Waals surface area contributed by atoms with Crippen LogP contribution in [-0.4, -0.2) is 58.3 Å². The molecule has 4 aromatic rings. The lowest BCUT2D eigenvalue weighted by molar-refractivity contribution is -0.139. The second-order valence-corrected chi connectivity index (χ2v) is 12.1. The van der Waals surface area contributed by atoms with Gasteiger partial charge in [0, 0.05) is 17.7 Å². The predicted octanol–water partition coefficient (Wildman–Crippen LogP) is 2.76. The van der Waals surface area contributed by atoms with Gasteiger partial charge in [-0.2, -0.15) is 0 Å². The molecule has 7 rings (SSSR count). The molecule has 3 aliphatic heterocycles. The highest BCUT2D eigenvalue weighted by Gasteiger charge is 2.61. The van der Waals surface area contributed by atoms with Gasteiger partial charge < -0.3 is 39.4 Å². The minimum atomic E-state index is -1.29. The van der Waals surface area contributed by atoms with E-state index in [-0.39, 0.29) is 36.2 Å². The molecule has 46 heavy (non-hydrogen) atoms. The Bertz CT molecular complexity index is 1860. The lowest BCUT2D eigenvalue weighted by Gasteiger charge is -2.28. The molecule has 0 saturated carbocycles. The van der Waals surface area contributed by atoms with Gasteiger partial charge in [0.1, 0.15) is 35.6 Å². The summed E-state index contributed by atoms with van der Waals surface area (Å²) in [6, 6.07) is 11.7. The van der Waals surface area contributed by atoms with Gasteiger partial charge in [0.15, 0.2) is 17.7 Å². The molecule has 0 radical (unpaired) electrons. The first-order valence-corrected chi connectivity index (χ1v) is 15.1. The molecule has 0 aliphatic carbocycles. The number of benzene rings is 2. The van der Waals surface area contributed by atoms with Crippen LogP contribution in [0.4, 0.5) is 5.69 Å². The van der Waals surface area contributed by atoms with E-state index in [1.54, 1.807) is 20.8 Å². The summed E-state index contributed by atoms with van der Waals surface area (Å²) in [6.45, 7) is 5.16. The fourth-order valence-electron chi connectivity index (χ4n) is 6.39. The molecular weight excluding hydrogens is 594 g/mol. The van der Waals surface area contributed by atoms with Crippen LogP contribution in [0.3, 0.4) is 0 Å². The Morgan fingerprint density at radius 2 is 1.96 bits per heavy atom. The largest absolute Gasteiger partial charge is 0.469 e. The van der Waals surface area contributed by atoms with Gasteiger partial charge in [-0.25, -0.2) is 9.97 Å². The number of anilines is 1. The van der Waals surface area contributed by atoms with Gasteiger partial charge in [0.25, 0.3) is 0 Å². The van der Waals surface area contributed by atoms with Crippen molar-refractivity contribution in [3.05, 3.63) is 82.8 Å². The highest BCUT2D eigenvalue weighted by molar-refractivity contribution is 5.90. The Hall–Kier alpha value is -5.17. The molecule has 1 spiro atoms. The molecule has 238 valence electrons. The molecule has 5 atom stereocenters. The van der Waals surface area contributed by atoms with E-state index in [2.05, 4.69) is 20.9 Å². The minimum Gasteiger partial charge on any atom is -0.469 e. The third-order valence-corrected chi connectivity index (χ3v) is 8.76. The van der Waals surface area contributed by atoms with E-state index in [0.717, 1.165) is 22.4 Å². The number of hydrogen-bond donors (Lipinski definition) is 4. The summed E-state index contributed by atoms with van der Waals surface area (Å²) in [5.74, 6) is -0.665. The summed E-state index contributed by atoms with van der Waals surface area (Å²) in [5, 5.41) is 19.6. The second kappa shape index (κ2) is 11.0. The molecule has 2 unspecified atom stereocenters. The molecule has 3 aliphatic rings. The van der Waals surface area contributed by atoms with Gasteiger partial charge in [0.2, 0.25) is 23.6 Å². The van der Waals surface area contributed by atoms with E-state index >= 15 is 0 Å². The van der Waals surface area contributed by atoms with E-state index in [0.29, 0.717) is 17.2 Å². The lowest BCUT2D eigenvalue weighted by atomic mass is 9.72. The number of oxazole rings is 2. The van der Waals surface area contributed by atoms with Gasteiger partial charge in [-0.05, 0) is 36.1 Å². The number of fused-ring (bicyclic) bond motifs is 4.